The summed E-state index contributed by atoms with van der Waals surface area (Å²) in [6.07, 6.45) is 2.21. The molecule has 0 N–H and O–H groups in total. The summed E-state index contributed by atoms with van der Waals surface area (Å²) in [6, 6.07) is 7.84. The van der Waals surface area contributed by atoms with Crippen LogP contribution in [-0.4, -0.2) is 5.97 Å². The lowest BCUT2D eigenvalue weighted by Gasteiger charge is -2.03. The fourth-order valence-corrected chi connectivity index (χ4v) is 1.86. The summed E-state index contributed by atoms with van der Waals surface area (Å²) in [7, 11) is 0. The number of hydrogen-bond donors (Lipinski definition) is 0. The molecular formula is C10H7IO2. The van der Waals surface area contributed by atoms with Crippen LogP contribution in [0.15, 0.2) is 30.3 Å². The van der Waals surface area contributed by atoms with E-state index in [1.54, 1.807) is 0 Å². The van der Waals surface area contributed by atoms with Crippen molar-refractivity contribution in [3.8, 4) is 0 Å². The van der Waals surface area contributed by atoms with Crippen molar-refractivity contribution in [3.63, 3.8) is 0 Å². The molecule has 2 nitrogen and oxygen atoms in total. The van der Waals surface area contributed by atoms with Crippen molar-refractivity contribution in [3.05, 3.63) is 39.5 Å². The molecule has 0 radical (unpaired) electrons. The predicted octanol–water partition coefficient (Wildman–Crippen LogP) is 2.58. The van der Waals surface area contributed by atoms with E-state index in [0.717, 1.165) is 9.13 Å². The lowest BCUT2D eigenvalue weighted by molar-refractivity contribution is -0.134. The SMILES string of the molecule is O=C1CC=C(c2ccccc2I)O1. The topological polar surface area (TPSA) is 26.3 Å². The Kier molecular flexibility index (Phi) is 2.35. The molecule has 2 rings (SSSR count). The molecule has 0 atom stereocenters. The van der Waals surface area contributed by atoms with Gasteiger partial charge in [-0.05, 0) is 34.7 Å². The highest BCUT2D eigenvalue weighted by Gasteiger charge is 2.17. The maximum atomic E-state index is 10.9. The summed E-state index contributed by atoms with van der Waals surface area (Å²) in [4.78, 5) is 10.9. The summed E-state index contributed by atoms with van der Waals surface area (Å²) in [5, 5.41) is 0. The molecule has 1 aromatic carbocycles. The number of rotatable bonds is 1. The van der Waals surface area contributed by atoms with Crippen molar-refractivity contribution in [1.82, 2.24) is 0 Å². The second-order valence-electron chi connectivity index (χ2n) is 2.73. The minimum Gasteiger partial charge on any atom is -0.426 e. The molecule has 1 heterocycles. The van der Waals surface area contributed by atoms with E-state index in [4.69, 9.17) is 4.74 Å². The van der Waals surface area contributed by atoms with E-state index in [2.05, 4.69) is 22.6 Å². The average molecular weight is 286 g/mol. The molecule has 0 bridgehead atoms. The Morgan fingerprint density at radius 1 is 1.31 bits per heavy atom. The normalized spacial score (nSPS) is 15.5. The zero-order valence-electron chi connectivity index (χ0n) is 6.79. The molecule has 0 saturated carbocycles. The molecule has 1 aliphatic rings. The molecule has 0 unspecified atom stereocenters. The Bertz CT molecular complexity index is 382. The van der Waals surface area contributed by atoms with Gasteiger partial charge in [0.2, 0.25) is 0 Å². The van der Waals surface area contributed by atoms with Gasteiger partial charge in [-0.1, -0.05) is 18.2 Å². The van der Waals surface area contributed by atoms with Crippen LogP contribution < -0.4 is 0 Å². The number of cyclic esters (lactones) is 1. The molecule has 1 aromatic rings. The highest BCUT2D eigenvalue weighted by Crippen LogP contribution is 2.26. The molecule has 66 valence electrons. The summed E-state index contributed by atoms with van der Waals surface area (Å²) in [5.41, 5.74) is 0.994. The van der Waals surface area contributed by atoms with Gasteiger partial charge in [-0.2, -0.15) is 0 Å². The maximum Gasteiger partial charge on any atom is 0.315 e. The third-order valence-electron chi connectivity index (χ3n) is 1.82. The van der Waals surface area contributed by atoms with Gasteiger partial charge in [0.1, 0.15) is 5.76 Å². The van der Waals surface area contributed by atoms with Crippen molar-refractivity contribution in [1.29, 1.82) is 0 Å². The van der Waals surface area contributed by atoms with Gasteiger partial charge in [-0.15, -0.1) is 0 Å². The van der Waals surface area contributed by atoms with Crippen LogP contribution in [0.5, 0.6) is 0 Å². The van der Waals surface area contributed by atoms with E-state index < -0.39 is 0 Å². The Balaban J connectivity index is 2.37. The average Bonchev–Trinajstić information content (AvgIpc) is 2.53. The molecule has 0 spiro atoms. The van der Waals surface area contributed by atoms with Crippen LogP contribution in [0.4, 0.5) is 0 Å². The number of carbonyl (C=O) groups excluding carboxylic acids is 1. The molecular weight excluding hydrogens is 279 g/mol. The number of carbonyl (C=O) groups is 1. The summed E-state index contributed by atoms with van der Waals surface area (Å²) < 4.78 is 6.14. The van der Waals surface area contributed by atoms with Gasteiger partial charge >= 0.3 is 5.97 Å². The zero-order chi connectivity index (χ0) is 9.26. The quantitative estimate of drug-likeness (QED) is 0.586. The van der Waals surface area contributed by atoms with E-state index in [1.165, 1.54) is 0 Å². The van der Waals surface area contributed by atoms with Crippen LogP contribution in [0.1, 0.15) is 12.0 Å². The van der Waals surface area contributed by atoms with Crippen molar-refractivity contribution in [2.75, 3.05) is 0 Å². The zero-order valence-corrected chi connectivity index (χ0v) is 8.95. The van der Waals surface area contributed by atoms with Crippen molar-refractivity contribution in [2.24, 2.45) is 0 Å². The van der Waals surface area contributed by atoms with Crippen molar-refractivity contribution < 1.29 is 9.53 Å². The van der Waals surface area contributed by atoms with Gasteiger partial charge in [-0.25, -0.2) is 0 Å². The fraction of sp³-hybridized carbons (Fsp3) is 0.100. The third kappa shape index (κ3) is 1.75. The first-order valence-electron chi connectivity index (χ1n) is 3.93. The number of halogens is 1. The minimum absolute atomic E-state index is 0.172. The standard InChI is InChI=1S/C10H7IO2/c11-8-4-2-1-3-7(8)9-5-6-10(12)13-9/h1-5H,6H2. The molecule has 0 saturated heterocycles. The summed E-state index contributed by atoms with van der Waals surface area (Å²) in [5.74, 6) is 0.518. The molecule has 0 aromatic heterocycles. The van der Waals surface area contributed by atoms with Crippen molar-refractivity contribution in [2.45, 2.75) is 6.42 Å². The van der Waals surface area contributed by atoms with E-state index in [1.807, 2.05) is 30.3 Å². The Hall–Kier alpha value is -0.840. The van der Waals surface area contributed by atoms with E-state index in [9.17, 15) is 4.79 Å². The number of hydrogen-bond acceptors (Lipinski definition) is 2. The first-order valence-corrected chi connectivity index (χ1v) is 5.01. The van der Waals surface area contributed by atoms with Gasteiger partial charge in [-0.3, -0.25) is 4.79 Å². The van der Waals surface area contributed by atoms with Gasteiger partial charge in [0.05, 0.1) is 6.42 Å². The van der Waals surface area contributed by atoms with Crippen LogP contribution in [0.25, 0.3) is 5.76 Å². The number of benzene rings is 1. The summed E-state index contributed by atoms with van der Waals surface area (Å²) in [6.45, 7) is 0. The monoisotopic (exact) mass is 286 g/mol. The Labute approximate surface area is 89.7 Å². The predicted molar refractivity (Wildman–Crippen MR) is 57.8 cm³/mol. The van der Waals surface area contributed by atoms with E-state index in [0.29, 0.717) is 12.2 Å². The number of ether oxygens (including phenoxy) is 1. The lowest BCUT2D eigenvalue weighted by Crippen LogP contribution is -1.94. The smallest absolute Gasteiger partial charge is 0.315 e. The van der Waals surface area contributed by atoms with E-state index >= 15 is 0 Å². The van der Waals surface area contributed by atoms with Crippen molar-refractivity contribution >= 4 is 34.3 Å². The van der Waals surface area contributed by atoms with Crippen LogP contribution in [0.3, 0.4) is 0 Å². The lowest BCUT2D eigenvalue weighted by atomic mass is 10.2. The largest absolute Gasteiger partial charge is 0.426 e. The highest BCUT2D eigenvalue weighted by atomic mass is 127. The van der Waals surface area contributed by atoms with Crippen LogP contribution >= 0.6 is 22.6 Å². The third-order valence-corrected chi connectivity index (χ3v) is 2.76. The molecule has 0 aliphatic carbocycles. The molecule has 3 heteroatoms. The molecule has 0 fully saturated rings. The van der Waals surface area contributed by atoms with Gasteiger partial charge in [0, 0.05) is 9.13 Å². The second kappa shape index (κ2) is 3.49. The molecule has 1 aliphatic heterocycles. The van der Waals surface area contributed by atoms with Crippen LogP contribution in [0.2, 0.25) is 0 Å². The first kappa shape index (κ1) is 8.74. The van der Waals surface area contributed by atoms with Gasteiger partial charge < -0.3 is 4.74 Å². The molecule has 0 amide bonds. The minimum atomic E-state index is -0.172. The van der Waals surface area contributed by atoms with Gasteiger partial charge in [0.15, 0.2) is 0 Å². The van der Waals surface area contributed by atoms with Crippen LogP contribution in [0, 0.1) is 3.57 Å². The molecule has 13 heavy (non-hydrogen) atoms. The first-order chi connectivity index (χ1) is 6.27. The summed E-state index contributed by atoms with van der Waals surface area (Å²) >= 11 is 2.22. The number of esters is 1. The maximum absolute atomic E-state index is 10.9. The van der Waals surface area contributed by atoms with E-state index in [-0.39, 0.29) is 5.97 Å². The highest BCUT2D eigenvalue weighted by molar-refractivity contribution is 14.1. The fourth-order valence-electron chi connectivity index (χ4n) is 1.21. The van der Waals surface area contributed by atoms with Gasteiger partial charge in [0.25, 0.3) is 0 Å². The second-order valence-corrected chi connectivity index (χ2v) is 3.89. The Morgan fingerprint density at radius 3 is 2.69 bits per heavy atom. The Morgan fingerprint density at radius 2 is 2.08 bits per heavy atom. The van der Waals surface area contributed by atoms with Crippen LogP contribution in [-0.2, 0) is 9.53 Å².